The molecular formula is C75H147N3O6. The molecule has 1 saturated carbocycles. The molecule has 9 heteroatoms. The Bertz CT molecular complexity index is 1370. The Morgan fingerprint density at radius 2 is 0.607 bits per heavy atom. The van der Waals surface area contributed by atoms with E-state index in [4.69, 9.17) is 9.47 Å². The number of Topliss-reactive ketones (excluding diaryl/α,β-unsaturated/α-hetero) is 1. The first-order valence-electron chi connectivity index (χ1n) is 37.8. The number of ether oxygens (including phenoxy) is 2. The summed E-state index contributed by atoms with van der Waals surface area (Å²) in [4.78, 5) is 59.2. The Morgan fingerprint density at radius 3 is 0.905 bits per heavy atom. The Hall–Kier alpha value is -2.00. The molecule has 3 amide bonds. The van der Waals surface area contributed by atoms with Crippen LogP contribution in [0.5, 0.6) is 0 Å². The van der Waals surface area contributed by atoms with Crippen molar-refractivity contribution in [3.63, 3.8) is 0 Å². The third-order valence-electron chi connectivity index (χ3n) is 18.1. The summed E-state index contributed by atoms with van der Waals surface area (Å²) in [5.41, 5.74) is 0. The van der Waals surface area contributed by atoms with Crippen LogP contribution in [0, 0.1) is 5.92 Å². The van der Waals surface area contributed by atoms with Crippen molar-refractivity contribution in [2.24, 2.45) is 5.92 Å². The van der Waals surface area contributed by atoms with E-state index in [9.17, 15) is 19.2 Å². The maximum Gasteiger partial charge on any atom is 0.251 e. The van der Waals surface area contributed by atoms with Crippen molar-refractivity contribution in [1.29, 1.82) is 0 Å². The molecular weight excluding hydrogens is 1040 g/mol. The second-order valence-corrected chi connectivity index (χ2v) is 26.1. The molecule has 498 valence electrons. The Kier molecular flexibility index (Phi) is 62.5. The maximum atomic E-state index is 13.7. The molecule has 0 radical (unpaired) electrons. The van der Waals surface area contributed by atoms with Crippen molar-refractivity contribution in [1.82, 2.24) is 14.7 Å². The summed E-state index contributed by atoms with van der Waals surface area (Å²) < 4.78 is 12.1. The van der Waals surface area contributed by atoms with Crippen LogP contribution in [-0.4, -0.2) is 103 Å². The third kappa shape index (κ3) is 48.9. The predicted octanol–water partition coefficient (Wildman–Crippen LogP) is 21.9. The van der Waals surface area contributed by atoms with Gasteiger partial charge >= 0.3 is 0 Å². The van der Waals surface area contributed by atoms with E-state index in [0.29, 0.717) is 6.42 Å². The quantitative estimate of drug-likeness (QED) is 0.0563. The highest BCUT2D eigenvalue weighted by Gasteiger charge is 2.35. The topological polar surface area (TPSA) is 96.5 Å². The van der Waals surface area contributed by atoms with E-state index in [1.54, 1.807) is 0 Å². The summed E-state index contributed by atoms with van der Waals surface area (Å²) in [6.07, 6.45) is 62.9. The molecule has 84 heavy (non-hydrogen) atoms. The highest BCUT2D eigenvalue weighted by Crippen LogP contribution is 2.29. The number of ketones is 1. The summed E-state index contributed by atoms with van der Waals surface area (Å²) in [6, 6.07) is 0. The van der Waals surface area contributed by atoms with Gasteiger partial charge in [-0.1, -0.05) is 325 Å². The zero-order chi connectivity index (χ0) is 61.6. The maximum absolute atomic E-state index is 13.7. The Morgan fingerprint density at radius 1 is 0.345 bits per heavy atom. The van der Waals surface area contributed by atoms with Gasteiger partial charge in [0, 0.05) is 45.2 Å². The lowest BCUT2D eigenvalue weighted by Gasteiger charge is -2.28. The number of hydrogen-bond acceptors (Lipinski definition) is 6. The molecule has 1 aliphatic rings. The molecule has 0 bridgehead atoms. The molecule has 0 aromatic rings. The standard InChI is InChI=1S/C38H76N2O3.C37H71NO3/c1-6-11-15-19-23-27-31-39(32-28-24-20-16-12-7-2)37(41)35-43-36(10-5)38(42)40(33-29-25-21-17-13-8-3)34-30-26-22-18-14-9-4;1-4-7-10-13-15-17-19-21-23-26-31-38(32-27-24-22-20-18-16-14-11-8-5-2)36(39)33-41-35-30-29-34(37(35)40)28-25-12-9-6-3/h36H,6-35H2,1-5H3;34-35H,4-33H2,1-3H3. The average Bonchev–Trinajstić information content (AvgIpc) is 4.03. The Labute approximate surface area is 524 Å². The summed E-state index contributed by atoms with van der Waals surface area (Å²) in [5, 5.41) is 0. The normalized spacial score (nSPS) is 14.5. The van der Waals surface area contributed by atoms with Crippen LogP contribution in [0.15, 0.2) is 0 Å². The molecule has 1 aliphatic carbocycles. The third-order valence-corrected chi connectivity index (χ3v) is 18.1. The highest BCUT2D eigenvalue weighted by molar-refractivity contribution is 5.88. The number of nitrogens with zero attached hydrogens (tertiary/aromatic N) is 3. The summed E-state index contributed by atoms with van der Waals surface area (Å²) in [5.74, 6) is 0.658. The van der Waals surface area contributed by atoms with Gasteiger partial charge in [0.05, 0.1) is 0 Å². The van der Waals surface area contributed by atoms with Crippen LogP contribution in [0.2, 0.25) is 0 Å². The van der Waals surface area contributed by atoms with Crippen molar-refractivity contribution in [3.8, 4) is 0 Å². The van der Waals surface area contributed by atoms with Crippen LogP contribution >= 0.6 is 0 Å². The number of rotatable bonds is 63. The number of hydrogen-bond donors (Lipinski definition) is 0. The highest BCUT2D eigenvalue weighted by atomic mass is 16.5. The van der Waals surface area contributed by atoms with Gasteiger partial charge in [-0.15, -0.1) is 0 Å². The zero-order valence-corrected chi connectivity index (χ0v) is 57.9. The molecule has 0 aliphatic heterocycles. The average molecular weight is 1190 g/mol. The number of unbranched alkanes of at least 4 members (excludes halogenated alkanes) is 41. The van der Waals surface area contributed by atoms with E-state index in [-0.39, 0.29) is 48.7 Å². The first kappa shape index (κ1) is 82.0. The minimum atomic E-state index is -0.519. The van der Waals surface area contributed by atoms with Gasteiger partial charge in [0.2, 0.25) is 11.8 Å². The monoisotopic (exact) mass is 1190 g/mol. The number of carbonyl (C=O) groups is 4. The molecule has 3 atom stereocenters. The second-order valence-electron chi connectivity index (χ2n) is 26.1. The summed E-state index contributed by atoms with van der Waals surface area (Å²) in [6.45, 7) is 22.8. The second kappa shape index (κ2) is 64.0. The molecule has 0 aromatic carbocycles. The van der Waals surface area contributed by atoms with Crippen LogP contribution in [0.4, 0.5) is 0 Å². The first-order valence-corrected chi connectivity index (χ1v) is 37.8. The van der Waals surface area contributed by atoms with Gasteiger partial charge in [0.15, 0.2) is 5.78 Å². The smallest absolute Gasteiger partial charge is 0.251 e. The van der Waals surface area contributed by atoms with Crippen LogP contribution in [-0.2, 0) is 28.7 Å². The molecule has 1 fully saturated rings. The molecule has 0 saturated heterocycles. The van der Waals surface area contributed by atoms with Gasteiger partial charge < -0.3 is 24.2 Å². The Balaban J connectivity index is 0.00000164. The van der Waals surface area contributed by atoms with Gasteiger partial charge in [0.1, 0.15) is 25.4 Å². The van der Waals surface area contributed by atoms with Crippen LogP contribution in [0.3, 0.4) is 0 Å². The lowest BCUT2D eigenvalue weighted by atomic mass is 9.98. The van der Waals surface area contributed by atoms with Crippen molar-refractivity contribution >= 4 is 23.5 Å². The van der Waals surface area contributed by atoms with E-state index in [1.165, 1.54) is 263 Å². The van der Waals surface area contributed by atoms with Gasteiger partial charge in [-0.3, -0.25) is 19.2 Å². The van der Waals surface area contributed by atoms with E-state index in [1.807, 2.05) is 11.8 Å². The van der Waals surface area contributed by atoms with E-state index >= 15 is 0 Å². The van der Waals surface area contributed by atoms with Gasteiger partial charge in [0.25, 0.3) is 5.91 Å². The minimum Gasteiger partial charge on any atom is -0.361 e. The molecule has 9 nitrogen and oxygen atoms in total. The van der Waals surface area contributed by atoms with Crippen LogP contribution in [0.1, 0.15) is 389 Å². The lowest BCUT2D eigenvalue weighted by molar-refractivity contribution is -0.150. The van der Waals surface area contributed by atoms with Gasteiger partial charge in [-0.05, 0) is 64.2 Å². The van der Waals surface area contributed by atoms with Gasteiger partial charge in [-0.2, -0.15) is 0 Å². The molecule has 0 N–H and O–H groups in total. The first-order chi connectivity index (χ1) is 41.2. The van der Waals surface area contributed by atoms with Crippen LogP contribution < -0.4 is 0 Å². The van der Waals surface area contributed by atoms with Crippen molar-refractivity contribution in [2.75, 3.05) is 52.5 Å². The zero-order valence-electron chi connectivity index (χ0n) is 57.9. The largest absolute Gasteiger partial charge is 0.361 e. The van der Waals surface area contributed by atoms with Crippen molar-refractivity contribution in [3.05, 3.63) is 0 Å². The van der Waals surface area contributed by atoms with E-state index in [0.717, 1.165) is 103 Å². The molecule has 3 unspecified atom stereocenters. The van der Waals surface area contributed by atoms with Crippen LogP contribution in [0.25, 0.3) is 0 Å². The summed E-state index contributed by atoms with van der Waals surface area (Å²) >= 11 is 0. The molecule has 0 heterocycles. The lowest BCUT2D eigenvalue weighted by Crippen LogP contribution is -2.43. The predicted molar refractivity (Wildman–Crippen MR) is 363 cm³/mol. The fourth-order valence-corrected chi connectivity index (χ4v) is 12.2. The molecule has 0 spiro atoms. The number of amides is 3. The SMILES string of the molecule is CCCCCCCCCCCCN(CCCCCCCCCCCC)C(=O)COC1CCC(CCCCCC)C1=O.CCCCCCCCN(CCCCCCCC)C(=O)COC(CC)C(=O)N(CCCCCCCC)CCCCCCCC. The molecule has 0 aromatic heterocycles. The fourth-order valence-electron chi connectivity index (χ4n) is 12.2. The minimum absolute atomic E-state index is 0.0256. The van der Waals surface area contributed by atoms with E-state index in [2.05, 4.69) is 58.3 Å². The van der Waals surface area contributed by atoms with Crippen molar-refractivity contribution < 1.29 is 28.7 Å². The van der Waals surface area contributed by atoms with E-state index < -0.39 is 6.10 Å². The van der Waals surface area contributed by atoms with Crippen molar-refractivity contribution in [2.45, 2.75) is 401 Å². The number of carbonyl (C=O) groups excluding carboxylic acids is 4. The molecule has 1 rings (SSSR count). The summed E-state index contributed by atoms with van der Waals surface area (Å²) in [7, 11) is 0. The van der Waals surface area contributed by atoms with Gasteiger partial charge in [-0.25, -0.2) is 0 Å². The fraction of sp³-hybridized carbons (Fsp3) is 0.947.